The van der Waals surface area contributed by atoms with E-state index in [4.69, 9.17) is 9.47 Å². The van der Waals surface area contributed by atoms with Crippen LogP contribution in [-0.2, 0) is 16.1 Å². The Bertz CT molecular complexity index is 1150. The van der Waals surface area contributed by atoms with Crippen molar-refractivity contribution in [3.8, 4) is 5.75 Å². The van der Waals surface area contributed by atoms with Gasteiger partial charge in [-0.05, 0) is 30.7 Å². The summed E-state index contributed by atoms with van der Waals surface area (Å²) in [6.45, 7) is 4.82. The van der Waals surface area contributed by atoms with E-state index in [0.29, 0.717) is 32.7 Å². The molecule has 0 atom stereocenters. The van der Waals surface area contributed by atoms with Crippen LogP contribution in [0.25, 0.3) is 21.8 Å². The number of para-hydroxylation sites is 1. The third-order valence-corrected chi connectivity index (χ3v) is 5.29. The molecule has 0 bridgehead atoms. The van der Waals surface area contributed by atoms with E-state index in [1.54, 1.807) is 0 Å². The second kappa shape index (κ2) is 10.1. The summed E-state index contributed by atoms with van der Waals surface area (Å²) in [5, 5.41) is 5.57. The molecule has 0 fully saturated rings. The number of hydrogen-bond donors (Lipinski definition) is 1. The number of rotatable bonds is 10. The topological polar surface area (TPSA) is 52.5 Å². The van der Waals surface area contributed by atoms with Gasteiger partial charge in [0.25, 0.3) is 0 Å². The first kappa shape index (κ1) is 20.9. The maximum Gasteiger partial charge on any atom is 0.307 e. The fourth-order valence-electron chi connectivity index (χ4n) is 3.90. The summed E-state index contributed by atoms with van der Waals surface area (Å²) >= 11 is 0. The first-order valence-corrected chi connectivity index (χ1v) is 10.8. The molecule has 1 N–H and O–H groups in total. The van der Waals surface area contributed by atoms with Gasteiger partial charge in [0.2, 0.25) is 0 Å². The summed E-state index contributed by atoms with van der Waals surface area (Å²) < 4.78 is 13.4. The van der Waals surface area contributed by atoms with Gasteiger partial charge in [-0.25, -0.2) is 0 Å². The van der Waals surface area contributed by atoms with Crippen molar-refractivity contribution in [2.45, 2.75) is 19.9 Å². The molecule has 1 heterocycles. The molecule has 5 nitrogen and oxygen atoms in total. The van der Waals surface area contributed by atoms with Crippen LogP contribution in [0.2, 0.25) is 0 Å². The molecule has 0 saturated heterocycles. The normalized spacial score (nSPS) is 11.1. The Morgan fingerprint density at radius 2 is 1.68 bits per heavy atom. The minimum absolute atomic E-state index is 0.174. The molecule has 0 aliphatic heterocycles. The zero-order valence-electron chi connectivity index (χ0n) is 17.8. The lowest BCUT2D eigenvalue weighted by atomic mass is 10.1. The minimum Gasteiger partial charge on any atom is -0.492 e. The van der Waals surface area contributed by atoms with Crippen molar-refractivity contribution in [2.24, 2.45) is 0 Å². The van der Waals surface area contributed by atoms with E-state index in [1.807, 2.05) is 25.1 Å². The van der Waals surface area contributed by atoms with Gasteiger partial charge >= 0.3 is 5.97 Å². The maximum atomic E-state index is 11.4. The van der Waals surface area contributed by atoms with E-state index in [-0.39, 0.29) is 5.97 Å². The highest BCUT2D eigenvalue weighted by molar-refractivity contribution is 6.11. The molecule has 0 saturated carbocycles. The fraction of sp³-hybridized carbons (Fsp3) is 0.269. The Labute approximate surface area is 182 Å². The first-order chi connectivity index (χ1) is 15.3. The molecule has 160 valence electrons. The smallest absolute Gasteiger partial charge is 0.307 e. The average molecular weight is 417 g/mol. The number of esters is 1. The van der Waals surface area contributed by atoms with Gasteiger partial charge in [0, 0.05) is 35.9 Å². The van der Waals surface area contributed by atoms with Gasteiger partial charge in [-0.15, -0.1) is 0 Å². The molecule has 0 aliphatic rings. The molecule has 3 aromatic carbocycles. The highest BCUT2D eigenvalue weighted by Gasteiger charge is 2.14. The summed E-state index contributed by atoms with van der Waals surface area (Å²) in [4.78, 5) is 11.4. The van der Waals surface area contributed by atoms with Crippen LogP contribution in [0.15, 0.2) is 72.8 Å². The van der Waals surface area contributed by atoms with E-state index in [2.05, 4.69) is 64.5 Å². The van der Waals surface area contributed by atoms with E-state index in [0.717, 1.165) is 23.2 Å². The van der Waals surface area contributed by atoms with Gasteiger partial charge in [0.15, 0.2) is 0 Å². The summed E-state index contributed by atoms with van der Waals surface area (Å²) in [6, 6.07) is 25.2. The number of nitrogens with one attached hydrogen (secondary N) is 1. The van der Waals surface area contributed by atoms with Gasteiger partial charge in [0.1, 0.15) is 12.4 Å². The maximum absolute atomic E-state index is 11.4. The number of carbonyl (C=O) groups excluding carboxylic acids is 1. The second-order valence-electron chi connectivity index (χ2n) is 7.39. The zero-order valence-corrected chi connectivity index (χ0v) is 17.8. The largest absolute Gasteiger partial charge is 0.492 e. The van der Waals surface area contributed by atoms with Gasteiger partial charge in [-0.1, -0.05) is 54.6 Å². The lowest BCUT2D eigenvalue weighted by Gasteiger charge is -2.10. The standard InChI is InChI=1S/C26H28N2O3/c1-2-30-25(29)15-16-27-17-18-31-24-14-8-13-23-26(24)21-11-6-7-12-22(21)28(23)19-20-9-4-3-5-10-20/h3-14,27H,2,15-19H2,1H3. The first-order valence-electron chi connectivity index (χ1n) is 10.8. The van der Waals surface area contributed by atoms with E-state index >= 15 is 0 Å². The van der Waals surface area contributed by atoms with Crippen LogP contribution < -0.4 is 10.1 Å². The Balaban J connectivity index is 1.51. The van der Waals surface area contributed by atoms with Gasteiger partial charge in [-0.3, -0.25) is 4.79 Å². The molecule has 0 unspecified atom stereocenters. The fourth-order valence-corrected chi connectivity index (χ4v) is 3.90. The Morgan fingerprint density at radius 3 is 2.52 bits per heavy atom. The monoisotopic (exact) mass is 416 g/mol. The molecule has 31 heavy (non-hydrogen) atoms. The summed E-state index contributed by atoms with van der Waals surface area (Å²) in [7, 11) is 0. The van der Waals surface area contributed by atoms with Crippen molar-refractivity contribution in [1.29, 1.82) is 0 Å². The number of benzene rings is 3. The number of nitrogens with zero attached hydrogens (tertiary/aromatic N) is 1. The molecular formula is C26H28N2O3. The Morgan fingerprint density at radius 1 is 0.903 bits per heavy atom. The Hall–Kier alpha value is -3.31. The van der Waals surface area contributed by atoms with Crippen LogP contribution >= 0.6 is 0 Å². The van der Waals surface area contributed by atoms with Crippen LogP contribution in [0.4, 0.5) is 0 Å². The van der Waals surface area contributed by atoms with Crippen LogP contribution in [0.1, 0.15) is 18.9 Å². The lowest BCUT2D eigenvalue weighted by Crippen LogP contribution is -2.24. The second-order valence-corrected chi connectivity index (χ2v) is 7.39. The van der Waals surface area contributed by atoms with Gasteiger partial charge in [0.05, 0.1) is 18.5 Å². The predicted molar refractivity (Wildman–Crippen MR) is 125 cm³/mol. The number of hydrogen-bond acceptors (Lipinski definition) is 4. The third-order valence-electron chi connectivity index (χ3n) is 5.29. The Kier molecular flexibility index (Phi) is 6.85. The molecule has 0 spiro atoms. The lowest BCUT2D eigenvalue weighted by molar-refractivity contribution is -0.142. The van der Waals surface area contributed by atoms with E-state index in [1.165, 1.54) is 16.5 Å². The summed E-state index contributed by atoms with van der Waals surface area (Å²) in [5.74, 6) is 0.708. The van der Waals surface area contributed by atoms with Crippen molar-refractivity contribution in [2.75, 3.05) is 26.3 Å². The molecule has 5 heteroatoms. The molecule has 0 radical (unpaired) electrons. The molecule has 4 aromatic rings. The quantitative estimate of drug-likeness (QED) is 0.299. The van der Waals surface area contributed by atoms with Crippen molar-refractivity contribution >= 4 is 27.8 Å². The van der Waals surface area contributed by atoms with Crippen LogP contribution in [0.3, 0.4) is 0 Å². The van der Waals surface area contributed by atoms with Gasteiger partial charge in [-0.2, -0.15) is 0 Å². The van der Waals surface area contributed by atoms with Crippen LogP contribution in [0.5, 0.6) is 5.75 Å². The van der Waals surface area contributed by atoms with Crippen molar-refractivity contribution < 1.29 is 14.3 Å². The average Bonchev–Trinajstić information content (AvgIpc) is 3.11. The van der Waals surface area contributed by atoms with E-state index in [9.17, 15) is 4.79 Å². The highest BCUT2D eigenvalue weighted by atomic mass is 16.5. The van der Waals surface area contributed by atoms with Crippen LogP contribution in [0, 0.1) is 0 Å². The third kappa shape index (κ3) is 4.89. The SMILES string of the molecule is CCOC(=O)CCNCCOc1cccc2c1c1ccccc1n2Cc1ccccc1. The van der Waals surface area contributed by atoms with Crippen molar-refractivity contribution in [1.82, 2.24) is 9.88 Å². The van der Waals surface area contributed by atoms with Gasteiger partial charge < -0.3 is 19.4 Å². The summed E-state index contributed by atoms with van der Waals surface area (Å²) in [5.41, 5.74) is 3.63. The molecule has 4 rings (SSSR count). The zero-order chi connectivity index (χ0) is 21.5. The molecule has 1 aromatic heterocycles. The molecule has 0 amide bonds. The minimum atomic E-state index is -0.174. The van der Waals surface area contributed by atoms with E-state index < -0.39 is 0 Å². The van der Waals surface area contributed by atoms with Crippen molar-refractivity contribution in [3.63, 3.8) is 0 Å². The number of carbonyl (C=O) groups is 1. The van der Waals surface area contributed by atoms with Crippen LogP contribution in [-0.4, -0.2) is 36.8 Å². The predicted octanol–water partition coefficient (Wildman–Crippen LogP) is 4.76. The molecular weight excluding hydrogens is 388 g/mol. The molecule has 0 aliphatic carbocycles. The summed E-state index contributed by atoms with van der Waals surface area (Å²) in [6.07, 6.45) is 0.371. The highest BCUT2D eigenvalue weighted by Crippen LogP contribution is 2.36. The number of fused-ring (bicyclic) bond motifs is 3. The number of ether oxygens (including phenoxy) is 2. The van der Waals surface area contributed by atoms with Crippen molar-refractivity contribution in [3.05, 3.63) is 78.4 Å². The number of aromatic nitrogens is 1.